The van der Waals surface area contributed by atoms with Crippen molar-refractivity contribution < 1.29 is 0 Å². The molecule has 0 radical (unpaired) electrons. The van der Waals surface area contributed by atoms with E-state index in [4.69, 9.17) is 0 Å². The van der Waals surface area contributed by atoms with Crippen molar-refractivity contribution in [3.05, 3.63) is 16.2 Å². The minimum absolute atomic E-state index is 0.310. The van der Waals surface area contributed by atoms with Gasteiger partial charge in [0.1, 0.15) is 11.7 Å². The van der Waals surface area contributed by atoms with Crippen LogP contribution in [0.2, 0.25) is 0 Å². The molecule has 0 amide bonds. The Morgan fingerprint density at radius 2 is 2.35 bits per heavy atom. The molecule has 2 aliphatic rings. The van der Waals surface area contributed by atoms with Crippen molar-refractivity contribution in [2.45, 2.75) is 18.1 Å². The second kappa shape index (κ2) is 4.10. The van der Waals surface area contributed by atoms with Crippen molar-refractivity contribution in [3.8, 4) is 0 Å². The van der Waals surface area contributed by atoms with Crippen molar-refractivity contribution >= 4 is 45.4 Å². The van der Waals surface area contributed by atoms with E-state index in [1.165, 1.54) is 0 Å². The standard InChI is InChI=1S/C11H11BrN4S/c1-6-5-16-9-7(3-8(12)10(16)14-6)4-13-11(15-9)17-2/h3-4,6H,5H2,1-2H3. The fourth-order valence-electron chi connectivity index (χ4n) is 2.03. The summed E-state index contributed by atoms with van der Waals surface area (Å²) in [5, 5.41) is 0.800. The first-order valence-corrected chi connectivity index (χ1v) is 7.34. The van der Waals surface area contributed by atoms with E-state index in [1.807, 2.05) is 18.5 Å². The van der Waals surface area contributed by atoms with Gasteiger partial charge in [-0.1, -0.05) is 11.8 Å². The maximum atomic E-state index is 4.61. The van der Waals surface area contributed by atoms with Gasteiger partial charge in [-0.25, -0.2) is 9.97 Å². The van der Waals surface area contributed by atoms with Crippen LogP contribution in [0.1, 0.15) is 12.5 Å². The van der Waals surface area contributed by atoms with Crippen LogP contribution in [0.25, 0.3) is 6.08 Å². The number of aromatic nitrogens is 2. The molecular weight excluding hydrogens is 300 g/mol. The highest BCUT2D eigenvalue weighted by atomic mass is 79.9. The lowest BCUT2D eigenvalue weighted by atomic mass is 10.2. The molecule has 17 heavy (non-hydrogen) atoms. The van der Waals surface area contributed by atoms with Gasteiger partial charge in [-0.3, -0.25) is 4.99 Å². The van der Waals surface area contributed by atoms with Crippen molar-refractivity contribution in [2.75, 3.05) is 17.7 Å². The van der Waals surface area contributed by atoms with E-state index in [9.17, 15) is 0 Å². The molecule has 88 valence electrons. The number of hydrogen-bond acceptors (Lipinski definition) is 5. The third-order valence-corrected chi connectivity index (χ3v) is 3.90. The Morgan fingerprint density at radius 3 is 3.12 bits per heavy atom. The van der Waals surface area contributed by atoms with Crippen LogP contribution < -0.4 is 4.90 Å². The third kappa shape index (κ3) is 1.79. The lowest BCUT2D eigenvalue weighted by Gasteiger charge is -2.25. The first-order valence-electron chi connectivity index (χ1n) is 5.33. The number of fused-ring (bicyclic) bond motifs is 3. The molecule has 0 saturated heterocycles. The number of hydrogen-bond donors (Lipinski definition) is 0. The molecule has 3 rings (SSSR count). The van der Waals surface area contributed by atoms with Crippen LogP contribution in [0.3, 0.4) is 0 Å². The van der Waals surface area contributed by atoms with Crippen LogP contribution in [-0.2, 0) is 0 Å². The van der Waals surface area contributed by atoms with Crippen molar-refractivity contribution in [1.29, 1.82) is 0 Å². The van der Waals surface area contributed by atoms with E-state index >= 15 is 0 Å². The highest BCUT2D eigenvalue weighted by Crippen LogP contribution is 2.34. The van der Waals surface area contributed by atoms with Crippen LogP contribution in [0.5, 0.6) is 0 Å². The van der Waals surface area contributed by atoms with Gasteiger partial charge in [0.05, 0.1) is 10.5 Å². The molecule has 0 fully saturated rings. The number of rotatable bonds is 1. The highest BCUT2D eigenvalue weighted by molar-refractivity contribution is 9.12. The van der Waals surface area contributed by atoms with Crippen LogP contribution in [0.15, 0.2) is 20.8 Å². The summed E-state index contributed by atoms with van der Waals surface area (Å²) in [6, 6.07) is 0.310. The molecule has 0 N–H and O–H groups in total. The molecule has 1 unspecified atom stereocenters. The molecule has 0 spiro atoms. The average molecular weight is 311 g/mol. The normalized spacial score (nSPS) is 21.8. The minimum Gasteiger partial charge on any atom is -0.308 e. The molecule has 1 aromatic rings. The SMILES string of the molecule is CSc1ncc2c(n1)N1CC(C)N=C1C(Br)=C2. The molecule has 6 heteroatoms. The number of aliphatic imine (C=N–C) groups is 1. The predicted octanol–water partition coefficient (Wildman–Crippen LogP) is 2.55. The van der Waals surface area contributed by atoms with Gasteiger partial charge in [0.2, 0.25) is 0 Å². The zero-order chi connectivity index (χ0) is 12.0. The Balaban J connectivity index is 2.15. The number of anilines is 1. The zero-order valence-electron chi connectivity index (χ0n) is 9.51. The zero-order valence-corrected chi connectivity index (χ0v) is 11.9. The summed E-state index contributed by atoms with van der Waals surface area (Å²) < 4.78 is 1.01. The first kappa shape index (κ1) is 11.2. The van der Waals surface area contributed by atoms with Gasteiger partial charge < -0.3 is 4.90 Å². The van der Waals surface area contributed by atoms with Crippen molar-refractivity contribution in [1.82, 2.24) is 9.97 Å². The minimum atomic E-state index is 0.310. The fraction of sp³-hybridized carbons (Fsp3) is 0.364. The van der Waals surface area contributed by atoms with Gasteiger partial charge in [-0.15, -0.1) is 0 Å². The summed E-state index contributed by atoms with van der Waals surface area (Å²) in [6.45, 7) is 3.00. The summed E-state index contributed by atoms with van der Waals surface area (Å²) in [5.41, 5.74) is 1.04. The Morgan fingerprint density at radius 1 is 1.53 bits per heavy atom. The van der Waals surface area contributed by atoms with E-state index in [2.05, 4.69) is 42.7 Å². The molecular formula is C11H11BrN4S. The molecule has 1 atom stereocenters. The maximum absolute atomic E-state index is 4.61. The molecule has 0 bridgehead atoms. The predicted molar refractivity (Wildman–Crippen MR) is 75.0 cm³/mol. The van der Waals surface area contributed by atoms with Gasteiger partial charge in [-0.05, 0) is 35.2 Å². The number of thioether (sulfide) groups is 1. The fourth-order valence-corrected chi connectivity index (χ4v) is 2.93. The van der Waals surface area contributed by atoms with Gasteiger partial charge >= 0.3 is 0 Å². The Labute approximate surface area is 112 Å². The van der Waals surface area contributed by atoms with E-state index in [-0.39, 0.29) is 0 Å². The van der Waals surface area contributed by atoms with E-state index < -0.39 is 0 Å². The summed E-state index contributed by atoms with van der Waals surface area (Å²) in [5.74, 6) is 1.95. The summed E-state index contributed by atoms with van der Waals surface area (Å²) in [7, 11) is 0. The van der Waals surface area contributed by atoms with Crippen LogP contribution >= 0.6 is 27.7 Å². The van der Waals surface area contributed by atoms with Crippen molar-refractivity contribution in [2.24, 2.45) is 4.99 Å². The topological polar surface area (TPSA) is 41.4 Å². The maximum Gasteiger partial charge on any atom is 0.189 e. The van der Waals surface area contributed by atoms with Gasteiger partial charge in [0.25, 0.3) is 0 Å². The molecule has 0 aromatic carbocycles. The molecule has 3 heterocycles. The van der Waals surface area contributed by atoms with E-state index in [1.54, 1.807) is 11.8 Å². The quantitative estimate of drug-likeness (QED) is 0.590. The molecule has 1 aromatic heterocycles. The molecule has 0 saturated carbocycles. The molecule has 0 aliphatic carbocycles. The summed E-state index contributed by atoms with van der Waals surface area (Å²) in [6.07, 6.45) is 5.89. The van der Waals surface area contributed by atoms with Gasteiger partial charge in [0.15, 0.2) is 5.16 Å². The lowest BCUT2D eigenvalue weighted by molar-refractivity contribution is 0.785. The van der Waals surface area contributed by atoms with Crippen LogP contribution in [0, 0.1) is 0 Å². The monoisotopic (exact) mass is 310 g/mol. The second-order valence-corrected chi connectivity index (χ2v) is 5.67. The first-order chi connectivity index (χ1) is 8.19. The van der Waals surface area contributed by atoms with Crippen molar-refractivity contribution in [3.63, 3.8) is 0 Å². The molecule has 2 aliphatic heterocycles. The number of halogens is 1. The van der Waals surface area contributed by atoms with Crippen LogP contribution in [0.4, 0.5) is 5.82 Å². The van der Waals surface area contributed by atoms with E-state index in [0.717, 1.165) is 33.4 Å². The number of nitrogens with zero attached hydrogens (tertiary/aromatic N) is 4. The smallest absolute Gasteiger partial charge is 0.189 e. The molecule has 4 nitrogen and oxygen atoms in total. The van der Waals surface area contributed by atoms with Gasteiger partial charge in [-0.2, -0.15) is 0 Å². The lowest BCUT2D eigenvalue weighted by Crippen LogP contribution is -2.32. The van der Waals surface area contributed by atoms with E-state index in [0.29, 0.717) is 6.04 Å². The average Bonchev–Trinajstić information content (AvgIpc) is 2.72. The second-order valence-electron chi connectivity index (χ2n) is 4.04. The number of amidine groups is 1. The van der Waals surface area contributed by atoms with Crippen LogP contribution in [-0.4, -0.2) is 34.6 Å². The highest BCUT2D eigenvalue weighted by Gasteiger charge is 2.31. The summed E-state index contributed by atoms with van der Waals surface area (Å²) >= 11 is 5.11. The third-order valence-electron chi connectivity index (χ3n) is 2.75. The Bertz CT molecular complexity index is 540. The van der Waals surface area contributed by atoms with Gasteiger partial charge in [0, 0.05) is 18.3 Å². The largest absolute Gasteiger partial charge is 0.308 e. The Hall–Kier alpha value is -0.880. The summed E-state index contributed by atoms with van der Waals surface area (Å²) in [4.78, 5) is 15.6. The Kier molecular flexibility index (Phi) is 2.71.